The van der Waals surface area contributed by atoms with Gasteiger partial charge in [-0.05, 0) is 43.5 Å². The summed E-state index contributed by atoms with van der Waals surface area (Å²) in [5.74, 6) is 0.476. The van der Waals surface area contributed by atoms with Crippen LogP contribution in [-0.2, 0) is 0 Å². The van der Waals surface area contributed by atoms with Gasteiger partial charge in [-0.15, -0.1) is 0 Å². The van der Waals surface area contributed by atoms with E-state index in [2.05, 4.69) is 11.9 Å². The van der Waals surface area contributed by atoms with E-state index < -0.39 is 0 Å². The Hall–Kier alpha value is -0.640. The van der Waals surface area contributed by atoms with Crippen molar-refractivity contribution in [1.29, 1.82) is 0 Å². The van der Waals surface area contributed by atoms with Crippen LogP contribution >= 0.6 is 11.6 Å². The van der Waals surface area contributed by atoms with E-state index in [1.165, 1.54) is 31.4 Å². The summed E-state index contributed by atoms with van der Waals surface area (Å²) < 4.78 is 13.1. The Labute approximate surface area is 113 Å². The lowest BCUT2D eigenvalue weighted by molar-refractivity contribution is 0.165. The Kier molecular flexibility index (Phi) is 4.60. The van der Waals surface area contributed by atoms with E-state index in [0.29, 0.717) is 11.6 Å². The van der Waals surface area contributed by atoms with Gasteiger partial charge in [0.25, 0.3) is 0 Å². The molecule has 0 heterocycles. The second kappa shape index (κ2) is 6.00. The number of likely N-dealkylation sites (N-methyl/N-ethyl adjacent to an activating group) is 1. The molecular formula is C14H20ClFN2. The summed E-state index contributed by atoms with van der Waals surface area (Å²) in [6.07, 6.45) is 3.95. The number of hydrogen-bond acceptors (Lipinski definition) is 2. The summed E-state index contributed by atoms with van der Waals surface area (Å²) in [4.78, 5) is 2.24. The maximum Gasteiger partial charge on any atom is 0.124 e. The molecule has 18 heavy (non-hydrogen) atoms. The number of halogens is 2. The zero-order valence-corrected chi connectivity index (χ0v) is 11.5. The lowest BCUT2D eigenvalue weighted by Gasteiger charge is -2.35. The molecule has 0 radical (unpaired) electrons. The fourth-order valence-electron chi connectivity index (χ4n) is 2.53. The predicted octanol–water partition coefficient (Wildman–Crippen LogP) is 3.21. The molecule has 0 bridgehead atoms. The van der Waals surface area contributed by atoms with E-state index in [0.717, 1.165) is 18.0 Å². The summed E-state index contributed by atoms with van der Waals surface area (Å²) in [6.45, 7) is 1.53. The Bertz CT molecular complexity index is 407. The third-order valence-electron chi connectivity index (χ3n) is 3.85. The first kappa shape index (κ1) is 13.8. The third kappa shape index (κ3) is 3.02. The molecule has 100 valence electrons. The average molecular weight is 271 g/mol. The second-order valence-corrected chi connectivity index (χ2v) is 5.56. The van der Waals surface area contributed by atoms with Crippen LogP contribution in [0.1, 0.15) is 30.9 Å². The van der Waals surface area contributed by atoms with Gasteiger partial charge in [0.1, 0.15) is 5.82 Å². The van der Waals surface area contributed by atoms with Crippen molar-refractivity contribution in [3.8, 4) is 0 Å². The normalized spacial score (nSPS) is 17.8. The van der Waals surface area contributed by atoms with Crippen LogP contribution in [0.5, 0.6) is 0 Å². The van der Waals surface area contributed by atoms with E-state index in [1.54, 1.807) is 6.07 Å². The highest BCUT2D eigenvalue weighted by atomic mass is 35.5. The zero-order valence-electron chi connectivity index (χ0n) is 10.7. The van der Waals surface area contributed by atoms with E-state index in [4.69, 9.17) is 17.3 Å². The summed E-state index contributed by atoms with van der Waals surface area (Å²) in [5, 5.41) is 0.464. The quantitative estimate of drug-likeness (QED) is 0.890. The van der Waals surface area contributed by atoms with Gasteiger partial charge in [0.05, 0.1) is 0 Å². The van der Waals surface area contributed by atoms with Crippen molar-refractivity contribution < 1.29 is 4.39 Å². The van der Waals surface area contributed by atoms with Gasteiger partial charge in [-0.2, -0.15) is 0 Å². The van der Waals surface area contributed by atoms with Crippen LogP contribution in [-0.4, -0.2) is 25.0 Å². The van der Waals surface area contributed by atoms with Crippen LogP contribution < -0.4 is 5.73 Å². The molecule has 0 aromatic heterocycles. The summed E-state index contributed by atoms with van der Waals surface area (Å²) >= 11 is 6.11. The molecule has 0 amide bonds. The number of rotatable bonds is 5. The molecule has 1 aromatic rings. The van der Waals surface area contributed by atoms with Gasteiger partial charge in [-0.1, -0.05) is 24.1 Å². The largest absolute Gasteiger partial charge is 0.329 e. The molecule has 1 atom stereocenters. The minimum Gasteiger partial charge on any atom is -0.329 e. The molecule has 2 rings (SSSR count). The van der Waals surface area contributed by atoms with Crippen molar-refractivity contribution in [2.75, 3.05) is 20.1 Å². The monoisotopic (exact) mass is 270 g/mol. The van der Waals surface area contributed by atoms with E-state index >= 15 is 0 Å². The molecule has 1 fully saturated rings. The van der Waals surface area contributed by atoms with Crippen molar-refractivity contribution in [2.45, 2.75) is 25.3 Å². The first-order chi connectivity index (χ1) is 8.61. The molecule has 4 heteroatoms. The van der Waals surface area contributed by atoms with Crippen LogP contribution in [0, 0.1) is 11.7 Å². The first-order valence-electron chi connectivity index (χ1n) is 6.47. The van der Waals surface area contributed by atoms with Gasteiger partial charge in [-0.3, -0.25) is 4.90 Å². The summed E-state index contributed by atoms with van der Waals surface area (Å²) in [7, 11) is 2.07. The molecule has 1 unspecified atom stereocenters. The highest BCUT2D eigenvalue weighted by Crippen LogP contribution is 2.31. The van der Waals surface area contributed by atoms with Gasteiger partial charge in [-0.25, -0.2) is 4.39 Å². The second-order valence-electron chi connectivity index (χ2n) is 5.15. The molecule has 1 aliphatic rings. The number of nitrogens with zero attached hydrogens (tertiary/aromatic N) is 1. The maximum atomic E-state index is 13.1. The number of benzene rings is 1. The minimum absolute atomic E-state index is 0.0682. The smallest absolute Gasteiger partial charge is 0.124 e. The Balaban J connectivity index is 2.10. The molecule has 1 saturated carbocycles. The van der Waals surface area contributed by atoms with Gasteiger partial charge in [0.15, 0.2) is 0 Å². The molecular weight excluding hydrogens is 251 g/mol. The zero-order chi connectivity index (χ0) is 13.1. The van der Waals surface area contributed by atoms with Crippen LogP contribution in [0.15, 0.2) is 18.2 Å². The van der Waals surface area contributed by atoms with Crippen molar-refractivity contribution in [3.05, 3.63) is 34.6 Å². The van der Waals surface area contributed by atoms with E-state index in [9.17, 15) is 4.39 Å². The van der Waals surface area contributed by atoms with Crippen molar-refractivity contribution in [3.63, 3.8) is 0 Å². The van der Waals surface area contributed by atoms with Gasteiger partial charge < -0.3 is 5.73 Å². The highest BCUT2D eigenvalue weighted by Gasteiger charge is 2.24. The van der Waals surface area contributed by atoms with Crippen LogP contribution in [0.25, 0.3) is 0 Å². The number of nitrogens with two attached hydrogens (primary N) is 1. The lowest BCUT2D eigenvalue weighted by atomic mass is 9.85. The van der Waals surface area contributed by atoms with Gasteiger partial charge >= 0.3 is 0 Å². The van der Waals surface area contributed by atoms with Crippen LogP contribution in [0.4, 0.5) is 4.39 Å². The molecule has 2 N–H and O–H groups in total. The maximum absolute atomic E-state index is 13.1. The molecule has 0 saturated heterocycles. The summed E-state index contributed by atoms with van der Waals surface area (Å²) in [6, 6.07) is 4.61. The Morgan fingerprint density at radius 2 is 2.22 bits per heavy atom. The van der Waals surface area contributed by atoms with Crippen molar-refractivity contribution in [1.82, 2.24) is 4.90 Å². The predicted molar refractivity (Wildman–Crippen MR) is 73.2 cm³/mol. The lowest BCUT2D eigenvalue weighted by Crippen LogP contribution is -2.36. The highest BCUT2D eigenvalue weighted by molar-refractivity contribution is 6.31. The summed E-state index contributed by atoms with van der Waals surface area (Å²) in [5.41, 5.74) is 6.77. The first-order valence-corrected chi connectivity index (χ1v) is 6.85. The van der Waals surface area contributed by atoms with Crippen LogP contribution in [0.3, 0.4) is 0 Å². The molecule has 1 aliphatic carbocycles. The number of hydrogen-bond donors (Lipinski definition) is 1. The van der Waals surface area contributed by atoms with E-state index in [-0.39, 0.29) is 11.9 Å². The molecule has 0 spiro atoms. The third-order valence-corrected chi connectivity index (χ3v) is 4.18. The van der Waals surface area contributed by atoms with E-state index in [1.807, 2.05) is 0 Å². The fraction of sp³-hybridized carbons (Fsp3) is 0.571. The van der Waals surface area contributed by atoms with Gasteiger partial charge in [0.2, 0.25) is 0 Å². The topological polar surface area (TPSA) is 29.3 Å². The standard InChI is InChI=1S/C14H20ClFN2/c1-18(9-10-3-2-4-10)14(8-17)12-6-5-11(16)7-13(12)15/h5-7,10,14H,2-4,8-9,17H2,1H3. The van der Waals surface area contributed by atoms with Crippen molar-refractivity contribution >= 4 is 11.6 Å². The fourth-order valence-corrected chi connectivity index (χ4v) is 2.82. The molecule has 2 nitrogen and oxygen atoms in total. The molecule has 1 aromatic carbocycles. The Morgan fingerprint density at radius 3 is 2.72 bits per heavy atom. The SMILES string of the molecule is CN(CC1CCC1)C(CN)c1ccc(F)cc1Cl. The minimum atomic E-state index is -0.304. The van der Waals surface area contributed by atoms with Crippen LogP contribution in [0.2, 0.25) is 5.02 Å². The van der Waals surface area contributed by atoms with Crippen molar-refractivity contribution in [2.24, 2.45) is 11.7 Å². The molecule has 0 aliphatic heterocycles. The Morgan fingerprint density at radius 1 is 1.50 bits per heavy atom. The average Bonchev–Trinajstić information content (AvgIpc) is 2.27. The van der Waals surface area contributed by atoms with Gasteiger partial charge in [0, 0.05) is 24.2 Å².